The number of rotatable bonds is 4. The number of esters is 2. The molecule has 0 aromatic heterocycles. The van der Waals surface area contributed by atoms with Gasteiger partial charge in [0.05, 0.1) is 12.5 Å². The number of carbonyl (C=O) groups excluding carboxylic acids is 2. The van der Waals surface area contributed by atoms with Crippen LogP contribution in [0.3, 0.4) is 0 Å². The average molecular weight is 334 g/mol. The summed E-state index contributed by atoms with van der Waals surface area (Å²) in [6.07, 6.45) is 6.42. The van der Waals surface area contributed by atoms with Crippen molar-refractivity contribution in [2.24, 2.45) is 11.8 Å². The number of allylic oxidation sites excluding steroid dienone is 2. The summed E-state index contributed by atoms with van der Waals surface area (Å²) in [5.41, 5.74) is 2.37. The molecule has 24 heavy (non-hydrogen) atoms. The number of hydrogen-bond acceptors (Lipinski definition) is 5. The Morgan fingerprint density at radius 1 is 1.42 bits per heavy atom. The zero-order valence-corrected chi connectivity index (χ0v) is 14.4. The third-order valence-electron chi connectivity index (χ3n) is 4.51. The molecule has 1 saturated heterocycles. The summed E-state index contributed by atoms with van der Waals surface area (Å²) >= 11 is 0. The number of fused-ring (bicyclic) bond motifs is 1. The van der Waals surface area contributed by atoms with Crippen molar-refractivity contribution in [3.05, 3.63) is 35.5 Å². The molecule has 1 heterocycles. The third-order valence-corrected chi connectivity index (χ3v) is 4.51. The van der Waals surface area contributed by atoms with Gasteiger partial charge in [0.1, 0.15) is 12.7 Å². The minimum Gasteiger partial charge on any atom is -0.461 e. The summed E-state index contributed by atoms with van der Waals surface area (Å²) in [6.45, 7) is 7.67. The number of aliphatic hydroxyl groups excluding tert-OH is 1. The van der Waals surface area contributed by atoms with Crippen LogP contribution in [0.4, 0.5) is 0 Å². The fraction of sp³-hybridized carbons (Fsp3) is 0.579. The van der Waals surface area contributed by atoms with Crippen molar-refractivity contribution in [1.29, 1.82) is 0 Å². The van der Waals surface area contributed by atoms with Gasteiger partial charge in [-0.25, -0.2) is 4.79 Å². The van der Waals surface area contributed by atoms with Crippen molar-refractivity contribution >= 4 is 11.9 Å². The van der Waals surface area contributed by atoms with Crippen LogP contribution >= 0.6 is 0 Å². The second-order valence-electron chi connectivity index (χ2n) is 6.70. The predicted octanol–water partition coefficient (Wildman–Crippen LogP) is 2.70. The van der Waals surface area contributed by atoms with E-state index in [0.717, 1.165) is 24.0 Å². The van der Waals surface area contributed by atoms with Gasteiger partial charge in [0.2, 0.25) is 0 Å². The van der Waals surface area contributed by atoms with E-state index in [2.05, 4.69) is 6.58 Å². The van der Waals surface area contributed by atoms with Crippen LogP contribution in [-0.2, 0) is 19.1 Å². The number of carbonyl (C=O) groups is 2. The summed E-state index contributed by atoms with van der Waals surface area (Å²) in [5, 5.41) is 9.51. The predicted molar refractivity (Wildman–Crippen MR) is 90.0 cm³/mol. The van der Waals surface area contributed by atoms with E-state index in [1.54, 1.807) is 13.8 Å². The van der Waals surface area contributed by atoms with Crippen LogP contribution < -0.4 is 0 Å². The maximum Gasteiger partial charge on any atom is 0.334 e. The van der Waals surface area contributed by atoms with Gasteiger partial charge in [-0.05, 0) is 30.4 Å². The van der Waals surface area contributed by atoms with Crippen molar-refractivity contribution in [3.63, 3.8) is 0 Å². The summed E-state index contributed by atoms with van der Waals surface area (Å²) < 4.78 is 10.7. The lowest BCUT2D eigenvalue weighted by atomic mass is 9.87. The van der Waals surface area contributed by atoms with Crippen molar-refractivity contribution < 1.29 is 24.2 Å². The summed E-state index contributed by atoms with van der Waals surface area (Å²) in [7, 11) is 0. The van der Waals surface area contributed by atoms with Crippen molar-refractivity contribution in [3.8, 4) is 0 Å². The molecule has 1 N–H and O–H groups in total. The van der Waals surface area contributed by atoms with Gasteiger partial charge in [-0.2, -0.15) is 0 Å². The first-order valence-electron chi connectivity index (χ1n) is 8.45. The van der Waals surface area contributed by atoms with E-state index in [1.165, 1.54) is 0 Å². The highest BCUT2D eigenvalue weighted by Crippen LogP contribution is 2.34. The molecule has 0 bridgehead atoms. The topological polar surface area (TPSA) is 72.8 Å². The minimum absolute atomic E-state index is 0.0470. The molecule has 0 radical (unpaired) electrons. The number of hydrogen-bond donors (Lipinski definition) is 1. The van der Waals surface area contributed by atoms with Gasteiger partial charge in [-0.15, -0.1) is 0 Å². The van der Waals surface area contributed by atoms with Crippen LogP contribution in [-0.4, -0.2) is 36.4 Å². The molecule has 0 spiro atoms. The van der Waals surface area contributed by atoms with E-state index in [4.69, 9.17) is 9.47 Å². The maximum atomic E-state index is 11.8. The molecule has 5 heteroatoms. The number of ether oxygens (including phenoxy) is 2. The fourth-order valence-electron chi connectivity index (χ4n) is 2.94. The zero-order valence-electron chi connectivity index (χ0n) is 14.4. The summed E-state index contributed by atoms with van der Waals surface area (Å²) in [5.74, 6) is -0.832. The SMILES string of the molecule is C=C1C(=O)O[C@H]2CC(CO)=CCC/C(COC(=O)C(C)C)=C/C[C@H]12. The molecule has 1 aliphatic carbocycles. The first-order chi connectivity index (χ1) is 11.4. The van der Waals surface area contributed by atoms with Crippen LogP contribution in [0.5, 0.6) is 0 Å². The molecule has 2 rings (SSSR count). The van der Waals surface area contributed by atoms with Crippen LogP contribution in [0.1, 0.15) is 39.5 Å². The Balaban J connectivity index is 2.13. The zero-order chi connectivity index (χ0) is 17.7. The molecule has 2 aliphatic rings. The standard InChI is InChI=1S/C19H26O5/c1-12(2)18(21)23-11-14-5-4-6-15(10-20)9-17-16(8-7-14)13(3)19(22)24-17/h6-7,12,16-17,20H,3-5,8-11H2,1-2H3/b14-7-,15-6?/t16-,17+/m1/s1. The van der Waals surface area contributed by atoms with E-state index in [1.807, 2.05) is 12.2 Å². The van der Waals surface area contributed by atoms with E-state index in [-0.39, 0.29) is 43.1 Å². The first kappa shape index (κ1) is 18.5. The molecule has 1 aliphatic heterocycles. The molecule has 2 atom stereocenters. The van der Waals surface area contributed by atoms with Gasteiger partial charge in [0, 0.05) is 17.9 Å². The van der Waals surface area contributed by atoms with Crippen LogP contribution in [0.25, 0.3) is 0 Å². The van der Waals surface area contributed by atoms with E-state index >= 15 is 0 Å². The largest absolute Gasteiger partial charge is 0.461 e. The van der Waals surface area contributed by atoms with Crippen molar-refractivity contribution in [1.82, 2.24) is 0 Å². The molecule has 0 unspecified atom stereocenters. The molecular formula is C19H26O5. The molecule has 0 aromatic carbocycles. The molecule has 0 aromatic rings. The summed E-state index contributed by atoms with van der Waals surface area (Å²) in [4.78, 5) is 23.5. The third kappa shape index (κ3) is 4.57. The molecule has 0 amide bonds. The smallest absolute Gasteiger partial charge is 0.334 e. The Labute approximate surface area is 143 Å². The van der Waals surface area contributed by atoms with Crippen LogP contribution in [0, 0.1) is 11.8 Å². The quantitative estimate of drug-likeness (QED) is 0.486. The second kappa shape index (κ2) is 8.29. The highest BCUT2D eigenvalue weighted by atomic mass is 16.6. The van der Waals surface area contributed by atoms with Crippen molar-refractivity contribution in [2.45, 2.75) is 45.6 Å². The molecule has 0 saturated carbocycles. The monoisotopic (exact) mass is 334 g/mol. The number of aliphatic hydroxyl groups is 1. The highest BCUT2D eigenvalue weighted by molar-refractivity contribution is 5.90. The van der Waals surface area contributed by atoms with Crippen LogP contribution in [0.2, 0.25) is 0 Å². The summed E-state index contributed by atoms with van der Waals surface area (Å²) in [6, 6.07) is 0. The Kier molecular flexibility index (Phi) is 6.37. The van der Waals surface area contributed by atoms with Gasteiger partial charge >= 0.3 is 11.9 Å². The molecule has 5 nitrogen and oxygen atoms in total. The first-order valence-corrected chi connectivity index (χ1v) is 8.45. The second-order valence-corrected chi connectivity index (χ2v) is 6.70. The molecular weight excluding hydrogens is 308 g/mol. The Morgan fingerprint density at radius 2 is 2.17 bits per heavy atom. The lowest BCUT2D eigenvalue weighted by Crippen LogP contribution is -2.19. The maximum absolute atomic E-state index is 11.8. The molecule has 1 fully saturated rings. The Morgan fingerprint density at radius 3 is 2.83 bits per heavy atom. The average Bonchev–Trinajstić information content (AvgIpc) is 2.82. The Bertz CT molecular complexity index is 570. The lowest BCUT2D eigenvalue weighted by Gasteiger charge is -2.20. The van der Waals surface area contributed by atoms with E-state index < -0.39 is 0 Å². The molecule has 132 valence electrons. The lowest BCUT2D eigenvalue weighted by molar-refractivity contribution is -0.146. The van der Waals surface area contributed by atoms with E-state index in [9.17, 15) is 14.7 Å². The van der Waals surface area contributed by atoms with Crippen molar-refractivity contribution in [2.75, 3.05) is 13.2 Å². The van der Waals surface area contributed by atoms with Crippen LogP contribution in [0.15, 0.2) is 35.5 Å². The minimum atomic E-state index is -0.359. The highest BCUT2D eigenvalue weighted by Gasteiger charge is 2.38. The normalized spacial score (nSPS) is 27.0. The fourth-order valence-corrected chi connectivity index (χ4v) is 2.94. The van der Waals surface area contributed by atoms with Gasteiger partial charge in [0.15, 0.2) is 0 Å². The van der Waals surface area contributed by atoms with Gasteiger partial charge in [-0.3, -0.25) is 4.79 Å². The Hall–Kier alpha value is -1.88. The van der Waals surface area contributed by atoms with Gasteiger partial charge in [0.25, 0.3) is 0 Å². The van der Waals surface area contributed by atoms with Gasteiger partial charge < -0.3 is 14.6 Å². The van der Waals surface area contributed by atoms with E-state index in [0.29, 0.717) is 18.4 Å². The van der Waals surface area contributed by atoms with Gasteiger partial charge in [-0.1, -0.05) is 32.6 Å².